The van der Waals surface area contributed by atoms with Crippen molar-refractivity contribution in [2.75, 3.05) is 18.8 Å². The Morgan fingerprint density at radius 1 is 1.44 bits per heavy atom. The largest absolute Gasteiger partial charge is 0.316 e. The lowest BCUT2D eigenvalue weighted by molar-refractivity contribution is 0.551. The summed E-state index contributed by atoms with van der Waals surface area (Å²) in [5.74, 6) is 1.82. The molecular weight excluding hydrogens is 240 g/mol. The summed E-state index contributed by atoms with van der Waals surface area (Å²) in [7, 11) is 0. The molecule has 0 aliphatic carbocycles. The molecule has 0 saturated heterocycles. The molecule has 1 rings (SSSR count). The van der Waals surface area contributed by atoms with Crippen molar-refractivity contribution in [3.63, 3.8) is 0 Å². The zero-order valence-corrected chi connectivity index (χ0v) is 11.4. The highest BCUT2D eigenvalue weighted by atomic mass is 35.5. The summed E-state index contributed by atoms with van der Waals surface area (Å²) in [5, 5.41) is 5.17. The highest BCUT2D eigenvalue weighted by Crippen LogP contribution is 2.17. The van der Waals surface area contributed by atoms with Crippen LogP contribution in [0.25, 0.3) is 0 Å². The van der Waals surface area contributed by atoms with Crippen molar-refractivity contribution in [1.29, 1.82) is 0 Å². The Balaban J connectivity index is 2.05. The third-order valence-electron chi connectivity index (χ3n) is 2.00. The number of nitrogens with zero attached hydrogens (tertiary/aromatic N) is 1. The Hall–Kier alpha value is -0.250. The van der Waals surface area contributed by atoms with Crippen molar-refractivity contribution in [3.8, 4) is 0 Å². The zero-order valence-electron chi connectivity index (χ0n) is 9.87. The van der Waals surface area contributed by atoms with Gasteiger partial charge in [0, 0.05) is 11.9 Å². The van der Waals surface area contributed by atoms with Crippen molar-refractivity contribution in [2.24, 2.45) is 5.92 Å². The molecule has 16 heavy (non-hydrogen) atoms. The standard InChI is InChI=1S/C12H19ClN2S/c1-10(2)8-14-6-3-7-16-12-5-4-11(13)9-15-12/h4-5,9-10,14H,3,6-8H2,1-2H3. The van der Waals surface area contributed by atoms with Crippen LogP contribution in [0.2, 0.25) is 5.02 Å². The molecule has 0 bridgehead atoms. The van der Waals surface area contributed by atoms with E-state index in [-0.39, 0.29) is 0 Å². The predicted octanol–water partition coefficient (Wildman–Crippen LogP) is 3.46. The monoisotopic (exact) mass is 258 g/mol. The fourth-order valence-corrected chi connectivity index (χ4v) is 2.11. The van der Waals surface area contributed by atoms with E-state index in [0.717, 1.165) is 29.8 Å². The van der Waals surface area contributed by atoms with Gasteiger partial charge in [-0.15, -0.1) is 11.8 Å². The Labute approximate surface area is 107 Å². The van der Waals surface area contributed by atoms with Gasteiger partial charge in [-0.3, -0.25) is 0 Å². The van der Waals surface area contributed by atoms with Crippen LogP contribution in [0.5, 0.6) is 0 Å². The first kappa shape index (κ1) is 13.8. The highest BCUT2D eigenvalue weighted by Gasteiger charge is 1.96. The minimum atomic E-state index is 0.697. The van der Waals surface area contributed by atoms with Gasteiger partial charge in [0.15, 0.2) is 0 Å². The van der Waals surface area contributed by atoms with Gasteiger partial charge in [-0.2, -0.15) is 0 Å². The van der Waals surface area contributed by atoms with E-state index in [0.29, 0.717) is 5.02 Å². The van der Waals surface area contributed by atoms with Gasteiger partial charge in [-0.25, -0.2) is 4.98 Å². The van der Waals surface area contributed by atoms with Crippen molar-refractivity contribution in [1.82, 2.24) is 10.3 Å². The summed E-state index contributed by atoms with van der Waals surface area (Å²) in [4.78, 5) is 4.23. The summed E-state index contributed by atoms with van der Waals surface area (Å²) in [6, 6.07) is 3.85. The van der Waals surface area contributed by atoms with E-state index in [1.807, 2.05) is 12.1 Å². The average Bonchev–Trinajstić information content (AvgIpc) is 2.25. The summed E-state index contributed by atoms with van der Waals surface area (Å²) < 4.78 is 0. The normalized spacial score (nSPS) is 11.0. The second kappa shape index (κ2) is 7.93. The van der Waals surface area contributed by atoms with Gasteiger partial charge in [-0.05, 0) is 37.6 Å². The molecule has 0 aliphatic heterocycles. The van der Waals surface area contributed by atoms with Crippen LogP contribution in [0, 0.1) is 5.92 Å². The SMILES string of the molecule is CC(C)CNCCCSc1ccc(Cl)cn1. The number of hydrogen-bond acceptors (Lipinski definition) is 3. The third-order valence-corrected chi connectivity index (χ3v) is 3.25. The molecular formula is C12H19ClN2S. The maximum Gasteiger partial charge on any atom is 0.0960 e. The van der Waals surface area contributed by atoms with E-state index in [9.17, 15) is 0 Å². The van der Waals surface area contributed by atoms with Gasteiger partial charge in [0.1, 0.15) is 0 Å². The van der Waals surface area contributed by atoms with Crippen molar-refractivity contribution < 1.29 is 0 Å². The second-order valence-electron chi connectivity index (χ2n) is 4.11. The third kappa shape index (κ3) is 6.36. The number of rotatable bonds is 7. The van der Waals surface area contributed by atoms with Crippen LogP contribution in [0.15, 0.2) is 23.4 Å². The molecule has 2 nitrogen and oxygen atoms in total. The van der Waals surface area contributed by atoms with Crippen LogP contribution < -0.4 is 5.32 Å². The molecule has 0 amide bonds. The smallest absolute Gasteiger partial charge is 0.0960 e. The lowest BCUT2D eigenvalue weighted by Crippen LogP contribution is -2.21. The van der Waals surface area contributed by atoms with E-state index in [1.54, 1.807) is 18.0 Å². The molecule has 0 atom stereocenters. The van der Waals surface area contributed by atoms with E-state index in [2.05, 4.69) is 24.1 Å². The van der Waals surface area contributed by atoms with E-state index < -0.39 is 0 Å². The van der Waals surface area contributed by atoms with Gasteiger partial charge < -0.3 is 5.32 Å². The first-order valence-electron chi connectivity index (χ1n) is 5.63. The maximum atomic E-state index is 5.76. The van der Waals surface area contributed by atoms with Crippen molar-refractivity contribution in [2.45, 2.75) is 25.3 Å². The number of hydrogen-bond donors (Lipinski definition) is 1. The fraction of sp³-hybridized carbons (Fsp3) is 0.583. The number of halogens is 1. The average molecular weight is 259 g/mol. The molecule has 1 aromatic heterocycles. The lowest BCUT2D eigenvalue weighted by Gasteiger charge is -2.06. The lowest BCUT2D eigenvalue weighted by atomic mass is 10.2. The molecule has 1 aromatic rings. The van der Waals surface area contributed by atoms with Gasteiger partial charge in [0.25, 0.3) is 0 Å². The molecule has 1 heterocycles. The van der Waals surface area contributed by atoms with Gasteiger partial charge >= 0.3 is 0 Å². The molecule has 0 aliphatic rings. The summed E-state index contributed by atoms with van der Waals surface area (Å²) in [6.07, 6.45) is 2.86. The second-order valence-corrected chi connectivity index (χ2v) is 5.67. The Morgan fingerprint density at radius 3 is 2.88 bits per heavy atom. The van der Waals surface area contributed by atoms with Crippen LogP contribution in [-0.4, -0.2) is 23.8 Å². The molecule has 0 fully saturated rings. The van der Waals surface area contributed by atoms with Crippen LogP contribution in [0.4, 0.5) is 0 Å². The fourth-order valence-electron chi connectivity index (χ4n) is 1.21. The molecule has 0 radical (unpaired) electrons. The van der Waals surface area contributed by atoms with E-state index >= 15 is 0 Å². The van der Waals surface area contributed by atoms with Crippen LogP contribution >= 0.6 is 23.4 Å². The van der Waals surface area contributed by atoms with Crippen molar-refractivity contribution >= 4 is 23.4 Å². The molecule has 0 saturated carbocycles. The quantitative estimate of drug-likeness (QED) is 0.599. The highest BCUT2D eigenvalue weighted by molar-refractivity contribution is 7.99. The zero-order chi connectivity index (χ0) is 11.8. The Bertz CT molecular complexity index is 288. The van der Waals surface area contributed by atoms with Crippen LogP contribution in [-0.2, 0) is 0 Å². The minimum Gasteiger partial charge on any atom is -0.316 e. The molecule has 0 aromatic carbocycles. The summed E-state index contributed by atoms with van der Waals surface area (Å²) in [6.45, 7) is 6.63. The molecule has 0 unspecified atom stereocenters. The topological polar surface area (TPSA) is 24.9 Å². The number of pyridine rings is 1. The maximum absolute atomic E-state index is 5.76. The summed E-state index contributed by atoms with van der Waals surface area (Å²) >= 11 is 7.54. The Morgan fingerprint density at radius 2 is 2.25 bits per heavy atom. The molecule has 0 spiro atoms. The van der Waals surface area contributed by atoms with E-state index in [4.69, 9.17) is 11.6 Å². The number of aromatic nitrogens is 1. The van der Waals surface area contributed by atoms with Crippen LogP contribution in [0.3, 0.4) is 0 Å². The van der Waals surface area contributed by atoms with E-state index in [1.165, 1.54) is 6.42 Å². The van der Waals surface area contributed by atoms with Crippen molar-refractivity contribution in [3.05, 3.63) is 23.4 Å². The van der Waals surface area contributed by atoms with Gasteiger partial charge in [-0.1, -0.05) is 25.4 Å². The molecule has 1 N–H and O–H groups in total. The predicted molar refractivity (Wildman–Crippen MR) is 72.3 cm³/mol. The first-order valence-corrected chi connectivity index (χ1v) is 7.00. The minimum absolute atomic E-state index is 0.697. The van der Waals surface area contributed by atoms with Gasteiger partial charge in [0.2, 0.25) is 0 Å². The first-order chi connectivity index (χ1) is 7.68. The molecule has 90 valence electrons. The number of thioether (sulfide) groups is 1. The van der Waals surface area contributed by atoms with Gasteiger partial charge in [0.05, 0.1) is 10.0 Å². The number of nitrogens with one attached hydrogen (secondary N) is 1. The molecule has 4 heteroatoms. The Kier molecular flexibility index (Phi) is 6.85. The summed E-state index contributed by atoms with van der Waals surface area (Å²) in [5.41, 5.74) is 0. The van der Waals surface area contributed by atoms with Crippen LogP contribution in [0.1, 0.15) is 20.3 Å².